The summed E-state index contributed by atoms with van der Waals surface area (Å²) in [5, 5.41) is 23.4. The lowest BCUT2D eigenvalue weighted by Gasteiger charge is -2.35. The van der Waals surface area contributed by atoms with Crippen LogP contribution in [0.1, 0.15) is 38.5 Å². The maximum Gasteiger partial charge on any atom is 0.186 e. The molecule has 4 aromatic rings. The lowest BCUT2D eigenvalue weighted by Crippen LogP contribution is -2.44. The van der Waals surface area contributed by atoms with Gasteiger partial charge in [-0.1, -0.05) is 96.6 Å². The monoisotopic (exact) mass is 479 g/mol. The first kappa shape index (κ1) is 22.8. The highest BCUT2D eigenvalue weighted by Crippen LogP contribution is 2.56. The number of para-hydroxylation sites is 1. The predicted octanol–water partition coefficient (Wildman–Crippen LogP) is 6.74. The van der Waals surface area contributed by atoms with Crippen LogP contribution in [0.5, 0.6) is 0 Å². The first-order valence-electron chi connectivity index (χ1n) is 12.5. The number of hydrogen-bond donors (Lipinski definition) is 0. The molecule has 4 heteroatoms. The van der Waals surface area contributed by atoms with Crippen molar-refractivity contribution in [1.82, 2.24) is 0 Å². The van der Waals surface area contributed by atoms with Crippen molar-refractivity contribution in [3.8, 4) is 12.1 Å². The molecular weight excluding hydrogens is 454 g/mol. The van der Waals surface area contributed by atoms with Crippen LogP contribution >= 0.6 is 0 Å². The quantitative estimate of drug-likeness (QED) is 0.305. The molecule has 0 radical (unpaired) electrons. The van der Waals surface area contributed by atoms with E-state index in [4.69, 9.17) is 0 Å². The van der Waals surface area contributed by atoms with Crippen LogP contribution in [-0.4, -0.2) is 17.9 Å². The molecule has 0 aliphatic carbocycles. The van der Waals surface area contributed by atoms with E-state index < -0.39 is 23.4 Å². The van der Waals surface area contributed by atoms with Gasteiger partial charge in [0.25, 0.3) is 0 Å². The van der Waals surface area contributed by atoms with Gasteiger partial charge >= 0.3 is 0 Å². The molecule has 3 atom stereocenters. The second-order valence-corrected chi connectivity index (χ2v) is 10.0. The number of fused-ring (bicyclic) bond motifs is 4. The fourth-order valence-corrected chi connectivity index (χ4v) is 6.35. The van der Waals surface area contributed by atoms with Crippen LogP contribution in [-0.2, 0) is 0 Å². The highest BCUT2D eigenvalue weighted by atomic mass is 16.1. The van der Waals surface area contributed by atoms with Gasteiger partial charge in [-0.2, -0.15) is 10.5 Å². The number of ketones is 1. The molecule has 6 rings (SSSR count). The summed E-state index contributed by atoms with van der Waals surface area (Å²) >= 11 is 0. The molecule has 0 aromatic heterocycles. The first-order chi connectivity index (χ1) is 18.0. The van der Waals surface area contributed by atoms with Crippen molar-refractivity contribution in [3.05, 3.63) is 119 Å². The minimum atomic E-state index is -1.47. The summed E-state index contributed by atoms with van der Waals surface area (Å²) in [5.41, 5.74) is 3.83. The molecule has 178 valence electrons. The Labute approximate surface area is 216 Å². The molecule has 2 heterocycles. The summed E-state index contributed by atoms with van der Waals surface area (Å²) in [4.78, 5) is 16.6. The van der Waals surface area contributed by atoms with E-state index in [2.05, 4.69) is 12.1 Å². The standard InChI is InChI=1S/C33H25N3O/c1-21-14-16-25(22(2)18-21)32(37)31-30(27-12-7-10-23-8-3-5-11-26(23)27)33(19-34,20-35)29-17-15-24-9-4-6-13-28(24)36(29)31/h3-18,29-31H,1-2H3/t29-,30+,31+/m1/s1. The zero-order valence-electron chi connectivity index (χ0n) is 20.7. The lowest BCUT2D eigenvalue weighted by molar-refractivity contribution is 0.0950. The number of rotatable bonds is 3. The molecule has 4 aromatic carbocycles. The number of nitriles is 2. The number of anilines is 1. The van der Waals surface area contributed by atoms with Crippen molar-refractivity contribution in [3.63, 3.8) is 0 Å². The molecular formula is C33H25N3O. The maximum absolute atomic E-state index is 14.6. The maximum atomic E-state index is 14.6. The highest BCUT2D eigenvalue weighted by Gasteiger charge is 2.63. The molecule has 0 bridgehead atoms. The van der Waals surface area contributed by atoms with Gasteiger partial charge < -0.3 is 4.90 Å². The number of benzene rings is 4. The Morgan fingerprint density at radius 2 is 1.62 bits per heavy atom. The Hall–Kier alpha value is -4.67. The van der Waals surface area contributed by atoms with Gasteiger partial charge in [-0.25, -0.2) is 0 Å². The van der Waals surface area contributed by atoms with E-state index in [1.165, 1.54) is 0 Å². The zero-order valence-corrected chi connectivity index (χ0v) is 20.7. The third-order valence-corrected chi connectivity index (χ3v) is 7.99. The fraction of sp³-hybridized carbons (Fsp3) is 0.182. The Kier molecular flexibility index (Phi) is 5.21. The highest BCUT2D eigenvalue weighted by molar-refractivity contribution is 6.06. The molecule has 0 spiro atoms. The summed E-state index contributed by atoms with van der Waals surface area (Å²) in [7, 11) is 0. The average molecular weight is 480 g/mol. The molecule has 2 aliphatic rings. The Bertz CT molecular complexity index is 1670. The number of carbonyl (C=O) groups excluding carboxylic acids is 1. The Balaban J connectivity index is 1.68. The van der Waals surface area contributed by atoms with E-state index in [-0.39, 0.29) is 5.78 Å². The van der Waals surface area contributed by atoms with Crippen molar-refractivity contribution >= 4 is 28.3 Å². The van der Waals surface area contributed by atoms with Crippen molar-refractivity contribution in [2.45, 2.75) is 31.8 Å². The van der Waals surface area contributed by atoms with E-state index in [9.17, 15) is 15.3 Å². The van der Waals surface area contributed by atoms with Crippen LogP contribution in [0, 0.1) is 41.9 Å². The van der Waals surface area contributed by atoms with Crippen molar-refractivity contribution in [2.24, 2.45) is 5.41 Å². The summed E-state index contributed by atoms with van der Waals surface area (Å²) in [6.07, 6.45) is 3.91. The van der Waals surface area contributed by atoms with Gasteiger partial charge in [-0.3, -0.25) is 4.79 Å². The molecule has 4 nitrogen and oxygen atoms in total. The summed E-state index contributed by atoms with van der Waals surface area (Å²) < 4.78 is 0. The fourth-order valence-electron chi connectivity index (χ4n) is 6.35. The second kappa shape index (κ2) is 8.47. The predicted molar refractivity (Wildman–Crippen MR) is 146 cm³/mol. The second-order valence-electron chi connectivity index (χ2n) is 10.0. The molecule has 2 aliphatic heterocycles. The smallest absolute Gasteiger partial charge is 0.186 e. The third kappa shape index (κ3) is 3.23. The van der Waals surface area contributed by atoms with Crippen LogP contribution in [0.3, 0.4) is 0 Å². The number of nitrogens with zero attached hydrogens (tertiary/aromatic N) is 3. The molecule has 0 amide bonds. The molecule has 0 unspecified atom stereocenters. The number of aryl methyl sites for hydroxylation is 2. The van der Waals surface area contributed by atoms with Gasteiger partial charge in [0.05, 0.1) is 18.2 Å². The molecule has 37 heavy (non-hydrogen) atoms. The third-order valence-electron chi connectivity index (χ3n) is 7.99. The van der Waals surface area contributed by atoms with Crippen molar-refractivity contribution in [2.75, 3.05) is 4.90 Å². The number of Topliss-reactive ketones (excluding diaryl/α,β-unsaturated/α-hetero) is 1. The van der Waals surface area contributed by atoms with E-state index in [0.717, 1.165) is 38.7 Å². The van der Waals surface area contributed by atoms with E-state index in [1.54, 1.807) is 0 Å². The molecule has 0 N–H and O–H groups in total. The molecule has 1 fully saturated rings. The van der Waals surface area contributed by atoms with E-state index >= 15 is 0 Å². The topological polar surface area (TPSA) is 67.9 Å². The lowest BCUT2D eigenvalue weighted by atomic mass is 9.68. The molecule has 0 saturated carbocycles. The van der Waals surface area contributed by atoms with Crippen molar-refractivity contribution in [1.29, 1.82) is 10.5 Å². The van der Waals surface area contributed by atoms with Crippen LogP contribution in [0.25, 0.3) is 16.8 Å². The summed E-state index contributed by atoms with van der Waals surface area (Å²) in [5.74, 6) is -0.736. The van der Waals surface area contributed by atoms with Gasteiger partial charge in [-0.15, -0.1) is 0 Å². The van der Waals surface area contributed by atoms with E-state index in [0.29, 0.717) is 5.56 Å². The minimum Gasteiger partial charge on any atom is -0.351 e. The van der Waals surface area contributed by atoms with E-state index in [1.807, 2.05) is 116 Å². The normalized spacial score (nSPS) is 21.1. The number of carbonyl (C=O) groups is 1. The van der Waals surface area contributed by atoms with Crippen molar-refractivity contribution < 1.29 is 4.79 Å². The first-order valence-corrected chi connectivity index (χ1v) is 12.5. The molecule has 1 saturated heterocycles. The van der Waals surface area contributed by atoms with Gasteiger partial charge in [0.1, 0.15) is 6.04 Å². The van der Waals surface area contributed by atoms with Crippen LogP contribution < -0.4 is 4.90 Å². The van der Waals surface area contributed by atoms with Gasteiger partial charge in [0.15, 0.2) is 11.2 Å². The largest absolute Gasteiger partial charge is 0.351 e. The minimum absolute atomic E-state index is 0.0714. The number of hydrogen-bond acceptors (Lipinski definition) is 4. The Morgan fingerprint density at radius 3 is 2.41 bits per heavy atom. The van der Waals surface area contributed by atoms with Crippen LogP contribution in [0.2, 0.25) is 0 Å². The SMILES string of the molecule is Cc1ccc(C(=O)[C@@H]2[C@H](c3cccc4ccccc34)C(C#N)(C#N)[C@H]3C=Cc4ccccc4N23)c(C)c1. The van der Waals surface area contributed by atoms with Gasteiger partial charge in [0, 0.05) is 17.2 Å². The zero-order chi connectivity index (χ0) is 25.7. The van der Waals surface area contributed by atoms with Gasteiger partial charge in [0.2, 0.25) is 0 Å². The summed E-state index contributed by atoms with van der Waals surface area (Å²) in [6.45, 7) is 3.96. The van der Waals surface area contributed by atoms with Crippen LogP contribution in [0.4, 0.5) is 5.69 Å². The summed E-state index contributed by atoms with van der Waals surface area (Å²) in [6, 6.07) is 31.2. The average Bonchev–Trinajstić information content (AvgIpc) is 3.23. The Morgan fingerprint density at radius 1 is 0.892 bits per heavy atom. The van der Waals surface area contributed by atoms with Crippen LogP contribution in [0.15, 0.2) is 91.0 Å². The van der Waals surface area contributed by atoms with Gasteiger partial charge in [-0.05, 0) is 47.4 Å².